The topological polar surface area (TPSA) is 29.1 Å². The molecule has 1 aromatic carbocycles. The van der Waals surface area contributed by atoms with Gasteiger partial charge in [-0.3, -0.25) is 4.79 Å². The Morgan fingerprint density at radius 1 is 1.44 bits per heavy atom. The van der Waals surface area contributed by atoms with Crippen LogP contribution < -0.4 is 5.32 Å². The van der Waals surface area contributed by atoms with Gasteiger partial charge in [-0.15, -0.1) is 0 Å². The number of benzene rings is 1. The molecule has 0 saturated carbocycles. The van der Waals surface area contributed by atoms with Crippen LogP contribution in [-0.4, -0.2) is 12.5 Å². The van der Waals surface area contributed by atoms with E-state index in [0.717, 1.165) is 5.56 Å². The van der Waals surface area contributed by atoms with Gasteiger partial charge in [0.25, 0.3) is 0 Å². The lowest BCUT2D eigenvalue weighted by molar-refractivity contribution is -0.119. The van der Waals surface area contributed by atoms with Crippen molar-refractivity contribution in [2.45, 2.75) is 33.1 Å². The lowest BCUT2D eigenvalue weighted by Gasteiger charge is -2.25. The van der Waals surface area contributed by atoms with Crippen molar-refractivity contribution in [3.8, 4) is 0 Å². The van der Waals surface area contributed by atoms with Gasteiger partial charge in [0.2, 0.25) is 5.91 Å². The molecule has 1 amide bonds. The number of aryl methyl sites for hydroxylation is 1. The number of amides is 1. The highest BCUT2D eigenvalue weighted by molar-refractivity contribution is 5.72. The molecule has 1 N–H and O–H groups in total. The Morgan fingerprint density at radius 2 is 2.06 bits per heavy atom. The van der Waals surface area contributed by atoms with Crippen molar-refractivity contribution in [2.75, 3.05) is 6.54 Å². The Labute approximate surface area is 95.9 Å². The van der Waals surface area contributed by atoms with Gasteiger partial charge in [-0.2, -0.15) is 0 Å². The zero-order chi connectivity index (χ0) is 12.3. The molecule has 0 heterocycles. The van der Waals surface area contributed by atoms with Gasteiger partial charge >= 0.3 is 0 Å². The average Bonchev–Trinajstić information content (AvgIpc) is 2.19. The largest absolute Gasteiger partial charge is 0.355 e. The maximum atomic E-state index is 13.1. The third-order valence-corrected chi connectivity index (χ3v) is 2.72. The van der Waals surface area contributed by atoms with Gasteiger partial charge < -0.3 is 5.32 Å². The van der Waals surface area contributed by atoms with Crippen LogP contribution in [0.1, 0.15) is 31.9 Å². The summed E-state index contributed by atoms with van der Waals surface area (Å²) in [4.78, 5) is 10.9. The molecule has 88 valence electrons. The first-order valence-corrected chi connectivity index (χ1v) is 5.34. The summed E-state index contributed by atoms with van der Waals surface area (Å²) >= 11 is 0. The molecular weight excluding hydrogens is 205 g/mol. The molecule has 0 spiro atoms. The van der Waals surface area contributed by atoms with E-state index in [1.54, 1.807) is 13.0 Å². The molecule has 0 aromatic heterocycles. The number of rotatable bonds is 3. The summed E-state index contributed by atoms with van der Waals surface area (Å²) in [6, 6.07) is 5.07. The van der Waals surface area contributed by atoms with Crippen molar-refractivity contribution in [1.82, 2.24) is 5.32 Å². The van der Waals surface area contributed by atoms with Crippen molar-refractivity contribution in [3.05, 3.63) is 35.1 Å². The first-order valence-electron chi connectivity index (χ1n) is 5.34. The molecule has 1 rings (SSSR count). The molecule has 0 radical (unpaired) electrons. The normalized spacial score (nSPS) is 11.3. The minimum absolute atomic E-state index is 0.0492. The molecule has 0 aliphatic rings. The third-order valence-electron chi connectivity index (χ3n) is 2.72. The molecular formula is C13H18FNO. The summed E-state index contributed by atoms with van der Waals surface area (Å²) < 4.78 is 13.1. The van der Waals surface area contributed by atoms with Crippen LogP contribution in [0.25, 0.3) is 0 Å². The standard InChI is InChI=1S/C13H18FNO/c1-9-7-11(5-6-12(9)14)13(3,4)8-15-10(2)16/h5-7H,8H2,1-4H3,(H,15,16). The van der Waals surface area contributed by atoms with Crippen LogP contribution in [0, 0.1) is 12.7 Å². The van der Waals surface area contributed by atoms with Crippen LogP contribution in [-0.2, 0) is 10.2 Å². The van der Waals surface area contributed by atoms with E-state index < -0.39 is 0 Å². The van der Waals surface area contributed by atoms with Gasteiger partial charge in [0.1, 0.15) is 5.82 Å². The molecule has 0 aliphatic heterocycles. The monoisotopic (exact) mass is 223 g/mol. The Kier molecular flexibility index (Phi) is 3.68. The van der Waals surface area contributed by atoms with Crippen LogP contribution in [0.2, 0.25) is 0 Å². The zero-order valence-corrected chi connectivity index (χ0v) is 10.2. The van der Waals surface area contributed by atoms with Gasteiger partial charge in [0.15, 0.2) is 0 Å². The minimum atomic E-state index is -0.195. The number of carbonyl (C=O) groups excluding carboxylic acids is 1. The quantitative estimate of drug-likeness (QED) is 0.838. The second-order valence-electron chi connectivity index (χ2n) is 4.76. The molecule has 0 fully saturated rings. The second-order valence-corrected chi connectivity index (χ2v) is 4.76. The van der Waals surface area contributed by atoms with Crippen molar-refractivity contribution in [2.24, 2.45) is 0 Å². The fraction of sp³-hybridized carbons (Fsp3) is 0.462. The van der Waals surface area contributed by atoms with Crippen molar-refractivity contribution < 1.29 is 9.18 Å². The number of nitrogens with one attached hydrogen (secondary N) is 1. The predicted molar refractivity (Wildman–Crippen MR) is 62.8 cm³/mol. The number of hydrogen-bond donors (Lipinski definition) is 1. The Morgan fingerprint density at radius 3 is 2.56 bits per heavy atom. The minimum Gasteiger partial charge on any atom is -0.355 e. The maximum Gasteiger partial charge on any atom is 0.216 e. The number of hydrogen-bond acceptors (Lipinski definition) is 1. The molecule has 0 aliphatic carbocycles. The molecule has 1 aromatic rings. The predicted octanol–water partition coefficient (Wildman–Crippen LogP) is 2.55. The van der Waals surface area contributed by atoms with Crippen LogP contribution in [0.5, 0.6) is 0 Å². The van der Waals surface area contributed by atoms with Gasteiger partial charge in [0.05, 0.1) is 0 Å². The van der Waals surface area contributed by atoms with E-state index in [0.29, 0.717) is 12.1 Å². The fourth-order valence-electron chi connectivity index (χ4n) is 1.51. The van der Waals surface area contributed by atoms with E-state index in [9.17, 15) is 9.18 Å². The Hall–Kier alpha value is -1.38. The first kappa shape index (κ1) is 12.7. The average molecular weight is 223 g/mol. The van der Waals surface area contributed by atoms with Crippen molar-refractivity contribution in [3.63, 3.8) is 0 Å². The number of halogens is 1. The molecule has 0 atom stereocenters. The van der Waals surface area contributed by atoms with Crippen LogP contribution in [0.4, 0.5) is 4.39 Å². The summed E-state index contributed by atoms with van der Waals surface area (Å²) in [6.45, 7) is 7.83. The van der Waals surface area contributed by atoms with Crippen molar-refractivity contribution >= 4 is 5.91 Å². The second kappa shape index (κ2) is 4.64. The van der Waals surface area contributed by atoms with Gasteiger partial charge in [-0.25, -0.2) is 4.39 Å². The molecule has 2 nitrogen and oxygen atoms in total. The first-order chi connectivity index (χ1) is 7.33. The molecule has 3 heteroatoms. The SMILES string of the molecule is CC(=O)NCC(C)(C)c1ccc(F)c(C)c1. The van der Waals surface area contributed by atoms with E-state index in [1.807, 2.05) is 19.9 Å². The summed E-state index contributed by atoms with van der Waals surface area (Å²) in [5.41, 5.74) is 1.47. The highest BCUT2D eigenvalue weighted by Gasteiger charge is 2.21. The molecule has 16 heavy (non-hydrogen) atoms. The highest BCUT2D eigenvalue weighted by atomic mass is 19.1. The lowest BCUT2D eigenvalue weighted by Crippen LogP contribution is -2.35. The summed E-state index contributed by atoms with van der Waals surface area (Å²) in [6.07, 6.45) is 0. The Bertz CT molecular complexity index is 399. The Balaban J connectivity index is 2.88. The smallest absolute Gasteiger partial charge is 0.216 e. The zero-order valence-electron chi connectivity index (χ0n) is 10.2. The summed E-state index contributed by atoms with van der Waals surface area (Å²) in [5.74, 6) is -0.244. The lowest BCUT2D eigenvalue weighted by atomic mass is 9.84. The van der Waals surface area contributed by atoms with Crippen LogP contribution in [0.15, 0.2) is 18.2 Å². The van der Waals surface area contributed by atoms with E-state index >= 15 is 0 Å². The van der Waals surface area contributed by atoms with E-state index in [2.05, 4.69) is 5.32 Å². The summed E-state index contributed by atoms with van der Waals surface area (Å²) in [7, 11) is 0. The summed E-state index contributed by atoms with van der Waals surface area (Å²) in [5, 5.41) is 2.79. The van der Waals surface area contributed by atoms with Crippen LogP contribution in [0.3, 0.4) is 0 Å². The van der Waals surface area contributed by atoms with Gasteiger partial charge in [-0.1, -0.05) is 26.0 Å². The highest BCUT2D eigenvalue weighted by Crippen LogP contribution is 2.24. The maximum absolute atomic E-state index is 13.1. The molecule has 0 bridgehead atoms. The van der Waals surface area contributed by atoms with E-state index in [-0.39, 0.29) is 17.1 Å². The van der Waals surface area contributed by atoms with E-state index in [1.165, 1.54) is 13.0 Å². The van der Waals surface area contributed by atoms with E-state index in [4.69, 9.17) is 0 Å². The fourth-order valence-corrected chi connectivity index (χ4v) is 1.51. The third kappa shape index (κ3) is 3.05. The van der Waals surface area contributed by atoms with Gasteiger partial charge in [-0.05, 0) is 24.1 Å². The molecule has 0 unspecified atom stereocenters. The molecule has 0 saturated heterocycles. The van der Waals surface area contributed by atoms with Crippen molar-refractivity contribution in [1.29, 1.82) is 0 Å². The number of carbonyl (C=O) groups is 1. The van der Waals surface area contributed by atoms with Gasteiger partial charge in [0, 0.05) is 18.9 Å². The van der Waals surface area contributed by atoms with Crippen LogP contribution >= 0.6 is 0 Å².